The van der Waals surface area contributed by atoms with Gasteiger partial charge in [-0.1, -0.05) is 0 Å². The molecule has 0 rings (SSSR count). The fourth-order valence-corrected chi connectivity index (χ4v) is 0.782. The van der Waals surface area contributed by atoms with Crippen molar-refractivity contribution < 1.29 is 14.7 Å². The van der Waals surface area contributed by atoms with Crippen molar-refractivity contribution in [2.45, 2.75) is 13.0 Å². The molecular weight excluding hydrogens is 166 g/mol. The molecule has 0 unspecified atom stereocenters. The van der Waals surface area contributed by atoms with E-state index in [1.807, 2.05) is 0 Å². The molecule has 0 saturated heterocycles. The van der Waals surface area contributed by atoms with E-state index < -0.39 is 12.0 Å². The fraction of sp³-hybridized carbons (Fsp3) is 0.667. The normalized spacial score (nSPS) is 12.5. The van der Waals surface area contributed by atoms with Crippen LogP contribution < -0.4 is 5.32 Å². The molecule has 0 bridgehead atoms. The van der Waals surface area contributed by atoms with Gasteiger partial charge in [0.2, 0.25) is 0 Å². The molecule has 0 amide bonds. The predicted octanol–water partition coefficient (Wildman–Crippen LogP) is -0.452. The third-order valence-electron chi connectivity index (χ3n) is 1.08. The minimum Gasteiger partial charge on any atom is -0.480 e. The summed E-state index contributed by atoms with van der Waals surface area (Å²) in [6.07, 6.45) is 0. The highest BCUT2D eigenvalue weighted by Gasteiger charge is 2.14. The Kier molecular flexibility index (Phi) is 4.89. The highest BCUT2D eigenvalue weighted by atomic mass is 32.1. The van der Waals surface area contributed by atoms with Gasteiger partial charge in [-0.25, -0.2) is 0 Å². The first-order valence-electron chi connectivity index (χ1n) is 3.14. The lowest BCUT2D eigenvalue weighted by atomic mass is 10.3. The molecule has 1 atom stereocenters. The maximum atomic E-state index is 10.4. The van der Waals surface area contributed by atoms with Crippen molar-refractivity contribution in [1.82, 2.24) is 5.32 Å². The number of nitrogens with one attached hydrogen (secondary N) is 1. The van der Waals surface area contributed by atoms with Crippen LogP contribution >= 0.6 is 12.6 Å². The third kappa shape index (κ3) is 4.80. The molecule has 5 heteroatoms. The van der Waals surface area contributed by atoms with E-state index in [1.165, 1.54) is 6.92 Å². The highest BCUT2D eigenvalue weighted by molar-refractivity contribution is 7.80. The largest absolute Gasteiger partial charge is 0.480 e. The molecule has 11 heavy (non-hydrogen) atoms. The van der Waals surface area contributed by atoms with Crippen LogP contribution in [0.15, 0.2) is 0 Å². The number of carboxylic acid groups (broad SMARTS) is 1. The molecule has 0 aromatic rings. The van der Waals surface area contributed by atoms with E-state index in [2.05, 4.69) is 17.9 Å². The minimum atomic E-state index is -0.985. The molecule has 0 aromatic carbocycles. The number of thiol groups is 1. The third-order valence-corrected chi connectivity index (χ3v) is 1.44. The zero-order valence-electron chi connectivity index (χ0n) is 6.20. The molecule has 0 aliphatic rings. The summed E-state index contributed by atoms with van der Waals surface area (Å²) < 4.78 is 0. The number of carbonyl (C=O) groups excluding carboxylic acids is 1. The molecule has 0 saturated carbocycles. The Morgan fingerprint density at radius 1 is 1.64 bits per heavy atom. The van der Waals surface area contributed by atoms with E-state index in [0.717, 1.165) is 0 Å². The van der Waals surface area contributed by atoms with Gasteiger partial charge in [0.05, 0.1) is 6.54 Å². The molecular formula is C6H11NO3S. The van der Waals surface area contributed by atoms with Crippen molar-refractivity contribution in [3.8, 4) is 0 Å². The summed E-state index contributed by atoms with van der Waals surface area (Å²) in [6.45, 7) is 1.47. The van der Waals surface area contributed by atoms with Crippen molar-refractivity contribution in [1.29, 1.82) is 0 Å². The van der Waals surface area contributed by atoms with E-state index in [0.29, 0.717) is 0 Å². The van der Waals surface area contributed by atoms with Crippen LogP contribution in [0.4, 0.5) is 0 Å². The lowest BCUT2D eigenvalue weighted by molar-refractivity contribution is -0.138. The van der Waals surface area contributed by atoms with Gasteiger partial charge in [-0.2, -0.15) is 12.6 Å². The van der Waals surface area contributed by atoms with Gasteiger partial charge < -0.3 is 5.11 Å². The average molecular weight is 177 g/mol. The highest BCUT2D eigenvalue weighted by Crippen LogP contribution is 1.87. The van der Waals surface area contributed by atoms with Crippen LogP contribution in [0.1, 0.15) is 6.92 Å². The Balaban J connectivity index is 3.70. The van der Waals surface area contributed by atoms with Crippen LogP contribution in [0.3, 0.4) is 0 Å². The van der Waals surface area contributed by atoms with Gasteiger partial charge in [0.25, 0.3) is 0 Å². The van der Waals surface area contributed by atoms with Crippen molar-refractivity contribution in [2.24, 2.45) is 0 Å². The summed E-state index contributed by atoms with van der Waals surface area (Å²) >= 11 is 3.80. The molecule has 0 aromatic heterocycles. The summed E-state index contributed by atoms with van der Waals surface area (Å²) in [5.74, 6) is -0.887. The second-order valence-corrected chi connectivity index (χ2v) is 2.52. The van der Waals surface area contributed by atoms with Gasteiger partial charge in [0.15, 0.2) is 0 Å². The van der Waals surface area contributed by atoms with E-state index in [1.54, 1.807) is 0 Å². The number of hydrogen-bond donors (Lipinski definition) is 3. The van der Waals surface area contributed by atoms with E-state index in [9.17, 15) is 9.59 Å². The Morgan fingerprint density at radius 3 is 2.45 bits per heavy atom. The zero-order chi connectivity index (χ0) is 8.85. The van der Waals surface area contributed by atoms with Gasteiger partial charge in [-0.3, -0.25) is 14.9 Å². The fourth-order valence-electron chi connectivity index (χ4n) is 0.497. The molecule has 0 aliphatic heterocycles. The van der Waals surface area contributed by atoms with Crippen LogP contribution in [0, 0.1) is 0 Å². The first-order chi connectivity index (χ1) is 5.07. The number of carbonyl (C=O) groups is 2. The first kappa shape index (κ1) is 10.4. The minimum absolute atomic E-state index is 0.0809. The van der Waals surface area contributed by atoms with Crippen LogP contribution in [0.5, 0.6) is 0 Å². The maximum absolute atomic E-state index is 10.4. The number of carboxylic acids is 1. The zero-order valence-corrected chi connectivity index (χ0v) is 7.10. The van der Waals surface area contributed by atoms with Gasteiger partial charge in [0, 0.05) is 5.75 Å². The van der Waals surface area contributed by atoms with Crippen molar-refractivity contribution in [2.75, 3.05) is 12.3 Å². The van der Waals surface area contributed by atoms with Crippen LogP contribution in [0.2, 0.25) is 0 Å². The lowest BCUT2D eigenvalue weighted by Gasteiger charge is -2.08. The summed E-state index contributed by atoms with van der Waals surface area (Å²) in [6, 6.07) is -0.734. The van der Waals surface area contributed by atoms with E-state index in [-0.39, 0.29) is 18.1 Å². The quantitative estimate of drug-likeness (QED) is 0.497. The first-order valence-corrected chi connectivity index (χ1v) is 3.77. The van der Waals surface area contributed by atoms with Gasteiger partial charge in [-0.15, -0.1) is 0 Å². The van der Waals surface area contributed by atoms with Crippen LogP contribution in [0.25, 0.3) is 0 Å². The SMILES string of the molecule is CC(=O)CN[C@H](CS)C(=O)O. The van der Waals surface area contributed by atoms with Crippen LogP contribution in [-0.4, -0.2) is 35.2 Å². The van der Waals surface area contributed by atoms with Crippen molar-refractivity contribution in [3.63, 3.8) is 0 Å². The van der Waals surface area contributed by atoms with Crippen molar-refractivity contribution >= 4 is 24.4 Å². The summed E-state index contributed by atoms with van der Waals surface area (Å²) in [7, 11) is 0. The molecule has 64 valence electrons. The standard InChI is InChI=1S/C6H11NO3S/c1-4(8)2-7-5(3-11)6(9)10/h5,7,11H,2-3H2,1H3,(H,9,10)/t5-/m1/s1. The topological polar surface area (TPSA) is 66.4 Å². The maximum Gasteiger partial charge on any atom is 0.321 e. The molecule has 0 heterocycles. The van der Waals surface area contributed by atoms with E-state index >= 15 is 0 Å². The Morgan fingerprint density at radius 2 is 2.18 bits per heavy atom. The molecule has 4 nitrogen and oxygen atoms in total. The smallest absolute Gasteiger partial charge is 0.321 e. The molecule has 0 fully saturated rings. The number of Topliss-reactive ketones (excluding diaryl/α,β-unsaturated/α-hetero) is 1. The summed E-state index contributed by atoms with van der Waals surface area (Å²) in [4.78, 5) is 20.7. The summed E-state index contributed by atoms with van der Waals surface area (Å²) in [5, 5.41) is 11.0. The predicted molar refractivity (Wildman–Crippen MR) is 44.0 cm³/mol. The molecule has 2 N–H and O–H groups in total. The number of ketones is 1. The molecule has 0 spiro atoms. The monoisotopic (exact) mass is 177 g/mol. The van der Waals surface area contributed by atoms with Crippen LogP contribution in [-0.2, 0) is 9.59 Å². The number of rotatable bonds is 5. The average Bonchev–Trinajstić information content (AvgIpc) is 1.87. The Labute approximate surface area is 70.4 Å². The second kappa shape index (κ2) is 5.15. The van der Waals surface area contributed by atoms with Gasteiger partial charge in [0.1, 0.15) is 11.8 Å². The second-order valence-electron chi connectivity index (χ2n) is 2.16. The lowest BCUT2D eigenvalue weighted by Crippen LogP contribution is -2.40. The number of hydrogen-bond acceptors (Lipinski definition) is 4. The van der Waals surface area contributed by atoms with Crippen molar-refractivity contribution in [3.05, 3.63) is 0 Å². The Hall–Kier alpha value is -0.550. The van der Waals surface area contributed by atoms with Gasteiger partial charge >= 0.3 is 5.97 Å². The number of aliphatic carboxylic acids is 1. The summed E-state index contributed by atoms with van der Waals surface area (Å²) in [5.41, 5.74) is 0. The molecule has 0 radical (unpaired) electrons. The van der Waals surface area contributed by atoms with E-state index in [4.69, 9.17) is 5.11 Å². The van der Waals surface area contributed by atoms with Gasteiger partial charge in [-0.05, 0) is 6.92 Å². The molecule has 0 aliphatic carbocycles. The Bertz CT molecular complexity index is 160.